The summed E-state index contributed by atoms with van der Waals surface area (Å²) in [4.78, 5) is 26.2. The first-order valence-electron chi connectivity index (χ1n) is 6.18. The lowest BCUT2D eigenvalue weighted by Gasteiger charge is -2.33. The van der Waals surface area contributed by atoms with Crippen molar-refractivity contribution in [2.45, 2.75) is 25.8 Å². The number of nitrogens with zero attached hydrogens (tertiary/aromatic N) is 1. The summed E-state index contributed by atoms with van der Waals surface area (Å²) in [6.45, 7) is 2.05. The van der Waals surface area contributed by atoms with Gasteiger partial charge in [-0.15, -0.1) is 0 Å². The highest BCUT2D eigenvalue weighted by Crippen LogP contribution is 2.30. The summed E-state index contributed by atoms with van der Waals surface area (Å²) < 4.78 is 4.97. The van der Waals surface area contributed by atoms with Gasteiger partial charge in [0.05, 0.1) is 12.3 Å². The Kier molecular flexibility index (Phi) is 4.37. The predicted octanol–water partition coefficient (Wildman–Crippen LogP) is 2.30. The van der Waals surface area contributed by atoms with Crippen molar-refractivity contribution < 1.29 is 14.3 Å². The van der Waals surface area contributed by atoms with Crippen LogP contribution in [0.3, 0.4) is 0 Å². The van der Waals surface area contributed by atoms with Crippen molar-refractivity contribution >= 4 is 29.5 Å². The summed E-state index contributed by atoms with van der Waals surface area (Å²) in [5.41, 5.74) is 0.966. The van der Waals surface area contributed by atoms with E-state index in [0.717, 1.165) is 19.1 Å². The Morgan fingerprint density at radius 3 is 3.00 bits per heavy atom. The summed E-state index contributed by atoms with van der Waals surface area (Å²) in [7, 11) is 0. The Balaban J connectivity index is 2.11. The fourth-order valence-electron chi connectivity index (χ4n) is 2.03. The third-order valence-corrected chi connectivity index (χ3v) is 3.30. The summed E-state index contributed by atoms with van der Waals surface area (Å²) >= 11 is 5.84. The molecule has 5 nitrogen and oxygen atoms in total. The second-order valence-corrected chi connectivity index (χ2v) is 4.87. The predicted molar refractivity (Wildman–Crippen MR) is 71.4 cm³/mol. The van der Waals surface area contributed by atoms with Gasteiger partial charge in [0.25, 0.3) is 0 Å². The minimum atomic E-state index is -0.430. The first-order chi connectivity index (χ1) is 9.13. The molecule has 1 N–H and O–H groups in total. The number of halogens is 1. The molecule has 0 bridgehead atoms. The topological polar surface area (TPSA) is 68.3 Å². The number of rotatable bonds is 5. The highest BCUT2D eigenvalue weighted by Gasteiger charge is 2.29. The Bertz CT molecular complexity index is 487. The molecule has 1 saturated carbocycles. The SMILES string of the molecule is CCOC(=O)c1cnc(Cl)cc1NC1CC(C=O)C1. The molecular formula is C13H15ClN2O3. The molecule has 0 aliphatic heterocycles. The van der Waals surface area contributed by atoms with Crippen LogP contribution in [0.5, 0.6) is 0 Å². The number of hydrogen-bond donors (Lipinski definition) is 1. The summed E-state index contributed by atoms with van der Waals surface area (Å²) in [6, 6.07) is 1.78. The third-order valence-electron chi connectivity index (χ3n) is 3.09. The summed E-state index contributed by atoms with van der Waals surface area (Å²) in [6.07, 6.45) is 3.90. The Morgan fingerprint density at radius 2 is 2.37 bits per heavy atom. The van der Waals surface area contributed by atoms with E-state index in [-0.39, 0.29) is 12.0 Å². The molecule has 1 aromatic heterocycles. The van der Waals surface area contributed by atoms with Crippen molar-refractivity contribution in [2.75, 3.05) is 11.9 Å². The van der Waals surface area contributed by atoms with E-state index in [0.29, 0.717) is 23.0 Å². The Labute approximate surface area is 116 Å². The van der Waals surface area contributed by atoms with Crippen molar-refractivity contribution in [2.24, 2.45) is 5.92 Å². The van der Waals surface area contributed by atoms with Crippen LogP contribution in [-0.2, 0) is 9.53 Å². The van der Waals surface area contributed by atoms with Gasteiger partial charge < -0.3 is 14.8 Å². The highest BCUT2D eigenvalue weighted by molar-refractivity contribution is 6.29. The van der Waals surface area contributed by atoms with E-state index in [9.17, 15) is 9.59 Å². The second kappa shape index (κ2) is 6.02. The van der Waals surface area contributed by atoms with Gasteiger partial charge in [-0.1, -0.05) is 11.6 Å². The van der Waals surface area contributed by atoms with Crippen LogP contribution in [0.4, 0.5) is 5.69 Å². The smallest absolute Gasteiger partial charge is 0.341 e. The lowest BCUT2D eigenvalue weighted by Crippen LogP contribution is -2.36. The van der Waals surface area contributed by atoms with Crippen molar-refractivity contribution in [3.63, 3.8) is 0 Å². The van der Waals surface area contributed by atoms with Crippen molar-refractivity contribution in [3.8, 4) is 0 Å². The zero-order chi connectivity index (χ0) is 13.8. The normalized spacial score (nSPS) is 21.4. The molecule has 0 aromatic carbocycles. The molecule has 0 radical (unpaired) electrons. The van der Waals surface area contributed by atoms with Crippen LogP contribution in [0, 0.1) is 5.92 Å². The van der Waals surface area contributed by atoms with E-state index in [4.69, 9.17) is 16.3 Å². The van der Waals surface area contributed by atoms with E-state index in [2.05, 4.69) is 10.3 Å². The molecule has 0 atom stereocenters. The van der Waals surface area contributed by atoms with Gasteiger partial charge in [0.1, 0.15) is 17.0 Å². The first kappa shape index (κ1) is 13.8. The van der Waals surface area contributed by atoms with E-state index in [1.165, 1.54) is 6.20 Å². The maximum absolute atomic E-state index is 11.8. The van der Waals surface area contributed by atoms with Gasteiger partial charge in [-0.05, 0) is 25.8 Å². The summed E-state index contributed by atoms with van der Waals surface area (Å²) in [5.74, 6) is -0.318. The lowest BCUT2D eigenvalue weighted by molar-refractivity contribution is -0.113. The van der Waals surface area contributed by atoms with Gasteiger partial charge in [0, 0.05) is 18.2 Å². The van der Waals surface area contributed by atoms with E-state index in [1.54, 1.807) is 13.0 Å². The molecule has 102 valence electrons. The van der Waals surface area contributed by atoms with Gasteiger partial charge in [-0.3, -0.25) is 0 Å². The number of pyridine rings is 1. The van der Waals surface area contributed by atoms with Gasteiger partial charge >= 0.3 is 5.97 Å². The van der Waals surface area contributed by atoms with Gasteiger partial charge in [-0.2, -0.15) is 0 Å². The van der Waals surface area contributed by atoms with Gasteiger partial charge in [0.2, 0.25) is 0 Å². The van der Waals surface area contributed by atoms with Crippen LogP contribution < -0.4 is 5.32 Å². The molecule has 1 heterocycles. The molecule has 1 aliphatic carbocycles. The number of aromatic nitrogens is 1. The molecule has 0 unspecified atom stereocenters. The van der Waals surface area contributed by atoms with Crippen LogP contribution in [0.25, 0.3) is 0 Å². The van der Waals surface area contributed by atoms with Gasteiger partial charge in [-0.25, -0.2) is 9.78 Å². The largest absolute Gasteiger partial charge is 0.462 e. The number of hydrogen-bond acceptors (Lipinski definition) is 5. The summed E-state index contributed by atoms with van der Waals surface area (Å²) in [5, 5.41) is 3.51. The molecule has 1 aromatic rings. The van der Waals surface area contributed by atoms with Crippen molar-refractivity contribution in [3.05, 3.63) is 23.0 Å². The number of esters is 1. The van der Waals surface area contributed by atoms with Crippen molar-refractivity contribution in [1.29, 1.82) is 0 Å². The molecule has 0 amide bonds. The van der Waals surface area contributed by atoms with Crippen molar-refractivity contribution in [1.82, 2.24) is 4.98 Å². The number of ether oxygens (including phenoxy) is 1. The monoisotopic (exact) mass is 282 g/mol. The average molecular weight is 283 g/mol. The molecule has 0 saturated heterocycles. The number of nitrogens with one attached hydrogen (secondary N) is 1. The number of carbonyl (C=O) groups is 2. The fraction of sp³-hybridized carbons (Fsp3) is 0.462. The molecule has 1 aliphatic rings. The minimum Gasteiger partial charge on any atom is -0.462 e. The minimum absolute atomic E-state index is 0.112. The van der Waals surface area contributed by atoms with Crippen LogP contribution in [0.2, 0.25) is 5.15 Å². The van der Waals surface area contributed by atoms with E-state index < -0.39 is 5.97 Å². The molecule has 2 rings (SSSR count). The van der Waals surface area contributed by atoms with E-state index >= 15 is 0 Å². The molecule has 1 fully saturated rings. The maximum Gasteiger partial charge on any atom is 0.341 e. The van der Waals surface area contributed by atoms with E-state index in [1.807, 2.05) is 0 Å². The number of aldehydes is 1. The third kappa shape index (κ3) is 3.23. The lowest BCUT2D eigenvalue weighted by atomic mass is 9.81. The number of anilines is 1. The number of carbonyl (C=O) groups excluding carboxylic acids is 2. The van der Waals surface area contributed by atoms with Crippen LogP contribution >= 0.6 is 11.6 Å². The zero-order valence-corrected chi connectivity index (χ0v) is 11.3. The molecule has 19 heavy (non-hydrogen) atoms. The van der Waals surface area contributed by atoms with Gasteiger partial charge in [0.15, 0.2) is 0 Å². The van der Waals surface area contributed by atoms with Crippen LogP contribution in [0.1, 0.15) is 30.1 Å². The average Bonchev–Trinajstić information content (AvgIpc) is 2.33. The maximum atomic E-state index is 11.8. The van der Waals surface area contributed by atoms with Crippen LogP contribution in [0.15, 0.2) is 12.3 Å². The molecule has 6 heteroatoms. The molecular weight excluding hydrogens is 268 g/mol. The Hall–Kier alpha value is -1.62. The van der Waals surface area contributed by atoms with Crippen LogP contribution in [-0.4, -0.2) is 29.9 Å². The zero-order valence-electron chi connectivity index (χ0n) is 10.6. The first-order valence-corrected chi connectivity index (χ1v) is 6.56. The Morgan fingerprint density at radius 1 is 1.63 bits per heavy atom. The molecule has 0 spiro atoms. The quantitative estimate of drug-likeness (QED) is 0.510. The highest BCUT2D eigenvalue weighted by atomic mass is 35.5. The standard InChI is InChI=1S/C13H15ClN2O3/c1-2-19-13(18)10-6-15-12(14)5-11(10)16-9-3-8(4-9)7-17/h5-9H,2-4H2,1H3,(H,15,16). The fourth-order valence-corrected chi connectivity index (χ4v) is 2.19. The second-order valence-electron chi connectivity index (χ2n) is 4.48.